The average molecular weight is 262 g/mol. The molecule has 1 heterocycles. The van der Waals surface area contributed by atoms with Gasteiger partial charge < -0.3 is 15.7 Å². The van der Waals surface area contributed by atoms with Crippen LogP contribution in [-0.4, -0.2) is 29.6 Å². The quantitative estimate of drug-likeness (QED) is 0.773. The van der Waals surface area contributed by atoms with Gasteiger partial charge in [0.25, 0.3) is 0 Å². The Labute approximate surface area is 112 Å². The van der Waals surface area contributed by atoms with E-state index in [0.717, 1.165) is 13.0 Å². The molecule has 1 aromatic carbocycles. The van der Waals surface area contributed by atoms with Crippen molar-refractivity contribution in [3.05, 3.63) is 29.3 Å². The summed E-state index contributed by atoms with van der Waals surface area (Å²) in [6.07, 6.45) is 0.956. The van der Waals surface area contributed by atoms with Gasteiger partial charge >= 0.3 is 5.97 Å². The summed E-state index contributed by atoms with van der Waals surface area (Å²) in [5.41, 5.74) is 1.15. The molecule has 1 saturated heterocycles. The molecule has 0 radical (unpaired) electrons. The Bertz CT molecular complexity index is 513. The minimum atomic E-state index is -1.03. The van der Waals surface area contributed by atoms with Gasteiger partial charge in [0.05, 0.1) is 17.3 Å². The maximum absolute atomic E-state index is 12.1. The molecule has 1 aromatic rings. The maximum Gasteiger partial charge on any atom is 0.338 e. The zero-order valence-electron chi connectivity index (χ0n) is 11.1. The molecular weight excluding hydrogens is 244 g/mol. The molecule has 19 heavy (non-hydrogen) atoms. The van der Waals surface area contributed by atoms with Crippen molar-refractivity contribution in [2.75, 3.05) is 11.9 Å². The lowest BCUT2D eigenvalue weighted by atomic mass is 10.0. The van der Waals surface area contributed by atoms with E-state index in [0.29, 0.717) is 11.3 Å². The van der Waals surface area contributed by atoms with Crippen LogP contribution in [0.25, 0.3) is 0 Å². The van der Waals surface area contributed by atoms with E-state index in [2.05, 4.69) is 10.6 Å². The Kier molecular flexibility index (Phi) is 3.85. The topological polar surface area (TPSA) is 78.4 Å². The summed E-state index contributed by atoms with van der Waals surface area (Å²) in [6, 6.07) is 4.83. The number of carboxylic acids is 1. The van der Waals surface area contributed by atoms with E-state index in [1.807, 2.05) is 6.92 Å². The molecule has 0 bridgehead atoms. The van der Waals surface area contributed by atoms with Crippen LogP contribution in [0.1, 0.15) is 29.3 Å². The summed E-state index contributed by atoms with van der Waals surface area (Å²) in [5, 5.41) is 15.1. The Morgan fingerprint density at radius 2 is 2.16 bits per heavy atom. The first-order valence-corrected chi connectivity index (χ1v) is 6.38. The fourth-order valence-corrected chi connectivity index (χ4v) is 2.45. The van der Waals surface area contributed by atoms with E-state index in [4.69, 9.17) is 0 Å². The van der Waals surface area contributed by atoms with Crippen LogP contribution in [0.4, 0.5) is 5.69 Å². The summed E-state index contributed by atoms with van der Waals surface area (Å²) >= 11 is 0. The van der Waals surface area contributed by atoms with E-state index in [1.165, 1.54) is 0 Å². The van der Waals surface area contributed by atoms with Crippen molar-refractivity contribution in [2.45, 2.75) is 26.3 Å². The van der Waals surface area contributed by atoms with E-state index < -0.39 is 5.97 Å². The number of carbonyl (C=O) groups is 2. The molecule has 1 fully saturated rings. The van der Waals surface area contributed by atoms with Crippen LogP contribution in [0, 0.1) is 12.8 Å². The second-order valence-electron chi connectivity index (χ2n) is 4.99. The molecule has 0 saturated carbocycles. The highest BCUT2D eigenvalue weighted by atomic mass is 16.4. The van der Waals surface area contributed by atoms with E-state index in [9.17, 15) is 14.7 Å². The van der Waals surface area contributed by atoms with Crippen LogP contribution in [0.15, 0.2) is 18.2 Å². The molecular formula is C14H18N2O3. The number of hydrogen-bond acceptors (Lipinski definition) is 3. The molecule has 1 aliphatic heterocycles. The number of nitrogens with one attached hydrogen (secondary N) is 2. The van der Waals surface area contributed by atoms with E-state index >= 15 is 0 Å². The van der Waals surface area contributed by atoms with Gasteiger partial charge in [0.1, 0.15) is 0 Å². The number of hydrogen-bond donors (Lipinski definition) is 3. The van der Waals surface area contributed by atoms with Crippen LogP contribution < -0.4 is 10.6 Å². The highest BCUT2D eigenvalue weighted by Gasteiger charge is 2.30. The van der Waals surface area contributed by atoms with Crippen molar-refractivity contribution in [3.8, 4) is 0 Å². The zero-order valence-corrected chi connectivity index (χ0v) is 11.1. The minimum Gasteiger partial charge on any atom is -0.478 e. The zero-order chi connectivity index (χ0) is 14.0. The summed E-state index contributed by atoms with van der Waals surface area (Å²) in [4.78, 5) is 23.4. The van der Waals surface area contributed by atoms with Crippen molar-refractivity contribution < 1.29 is 14.7 Å². The number of rotatable bonds is 3. The third kappa shape index (κ3) is 2.76. The van der Waals surface area contributed by atoms with Gasteiger partial charge in [-0.05, 0) is 37.4 Å². The lowest BCUT2D eigenvalue weighted by Gasteiger charge is -2.17. The van der Waals surface area contributed by atoms with Crippen LogP contribution in [0.3, 0.4) is 0 Å². The van der Waals surface area contributed by atoms with Crippen molar-refractivity contribution in [3.63, 3.8) is 0 Å². The van der Waals surface area contributed by atoms with Gasteiger partial charge in [0.2, 0.25) is 5.91 Å². The highest BCUT2D eigenvalue weighted by molar-refractivity contribution is 6.03. The Morgan fingerprint density at radius 3 is 2.74 bits per heavy atom. The van der Waals surface area contributed by atoms with Gasteiger partial charge in [-0.2, -0.15) is 0 Å². The molecule has 5 nitrogen and oxygen atoms in total. The van der Waals surface area contributed by atoms with Gasteiger partial charge in [-0.1, -0.05) is 19.1 Å². The van der Waals surface area contributed by atoms with Gasteiger partial charge in [-0.25, -0.2) is 4.79 Å². The maximum atomic E-state index is 12.1. The third-order valence-corrected chi connectivity index (χ3v) is 3.56. The predicted octanol–water partition coefficient (Wildman–Crippen LogP) is 1.63. The standard InChI is InChI=1S/C14H18N2O3/c1-8-4-3-5-10(11(8)14(18)19)16-13(17)12-9(2)6-7-15-12/h3-5,9,12,15H,6-7H2,1-2H3,(H,16,17)(H,18,19). The lowest BCUT2D eigenvalue weighted by molar-refractivity contribution is -0.118. The first-order valence-electron chi connectivity index (χ1n) is 6.38. The fraction of sp³-hybridized carbons (Fsp3) is 0.429. The second-order valence-corrected chi connectivity index (χ2v) is 4.99. The van der Waals surface area contributed by atoms with Gasteiger partial charge in [0, 0.05) is 0 Å². The Balaban J connectivity index is 2.21. The van der Waals surface area contributed by atoms with Crippen LogP contribution in [0.5, 0.6) is 0 Å². The van der Waals surface area contributed by atoms with E-state index in [1.54, 1.807) is 25.1 Å². The van der Waals surface area contributed by atoms with Gasteiger partial charge in [0.15, 0.2) is 0 Å². The Hall–Kier alpha value is -1.88. The van der Waals surface area contributed by atoms with Gasteiger partial charge in [-0.15, -0.1) is 0 Å². The normalized spacial score (nSPS) is 22.2. The lowest BCUT2D eigenvalue weighted by Crippen LogP contribution is -2.39. The van der Waals surface area contributed by atoms with Crippen molar-refractivity contribution in [1.82, 2.24) is 5.32 Å². The third-order valence-electron chi connectivity index (χ3n) is 3.56. The summed E-state index contributed by atoms with van der Waals surface area (Å²) < 4.78 is 0. The number of aryl methyl sites for hydroxylation is 1. The van der Waals surface area contributed by atoms with Crippen molar-refractivity contribution in [1.29, 1.82) is 0 Å². The first kappa shape index (κ1) is 13.5. The number of carbonyl (C=O) groups excluding carboxylic acids is 1. The van der Waals surface area contributed by atoms with E-state index in [-0.39, 0.29) is 23.4 Å². The SMILES string of the molecule is Cc1cccc(NC(=O)C2NCCC2C)c1C(=O)O. The minimum absolute atomic E-state index is 0.154. The van der Waals surface area contributed by atoms with Crippen LogP contribution in [-0.2, 0) is 4.79 Å². The summed E-state index contributed by atoms with van der Waals surface area (Å²) in [5.74, 6) is -0.933. The molecule has 2 rings (SSSR count). The van der Waals surface area contributed by atoms with Crippen LogP contribution >= 0.6 is 0 Å². The summed E-state index contributed by atoms with van der Waals surface area (Å²) in [7, 11) is 0. The monoisotopic (exact) mass is 262 g/mol. The van der Waals surface area contributed by atoms with Crippen LogP contribution in [0.2, 0.25) is 0 Å². The number of carboxylic acid groups (broad SMARTS) is 1. The molecule has 1 amide bonds. The average Bonchev–Trinajstić information content (AvgIpc) is 2.75. The van der Waals surface area contributed by atoms with Crippen molar-refractivity contribution in [2.24, 2.45) is 5.92 Å². The molecule has 0 aliphatic carbocycles. The first-order chi connectivity index (χ1) is 9.00. The summed E-state index contributed by atoms with van der Waals surface area (Å²) in [6.45, 7) is 4.55. The molecule has 2 unspecified atom stereocenters. The molecule has 1 aliphatic rings. The van der Waals surface area contributed by atoms with Gasteiger partial charge in [-0.3, -0.25) is 4.79 Å². The number of aromatic carboxylic acids is 1. The molecule has 5 heteroatoms. The predicted molar refractivity (Wildman–Crippen MR) is 72.3 cm³/mol. The molecule has 0 spiro atoms. The molecule has 0 aromatic heterocycles. The molecule has 102 valence electrons. The molecule has 2 atom stereocenters. The number of benzene rings is 1. The van der Waals surface area contributed by atoms with Crippen molar-refractivity contribution >= 4 is 17.6 Å². The highest BCUT2D eigenvalue weighted by Crippen LogP contribution is 2.21. The Morgan fingerprint density at radius 1 is 1.42 bits per heavy atom. The number of anilines is 1. The number of amides is 1. The molecule has 3 N–H and O–H groups in total. The fourth-order valence-electron chi connectivity index (χ4n) is 2.45. The second kappa shape index (κ2) is 5.40. The smallest absolute Gasteiger partial charge is 0.338 e. The largest absolute Gasteiger partial charge is 0.478 e.